The standard InChI is InChI=1S/C17H12N2O2/c1-11-6-8-12(9-7-11)14-10-18-19-16(14)17(20)13-4-2-3-5-15(13)21-19/h2-10H,1H3. The Hall–Kier alpha value is -2.88. The van der Waals surface area contributed by atoms with E-state index in [4.69, 9.17) is 4.52 Å². The van der Waals surface area contributed by atoms with E-state index >= 15 is 0 Å². The van der Waals surface area contributed by atoms with Crippen LogP contribution in [0.5, 0.6) is 0 Å². The maximum absolute atomic E-state index is 12.7. The largest absolute Gasteiger partial charge is 0.357 e. The van der Waals surface area contributed by atoms with Crippen LogP contribution in [0.25, 0.3) is 27.6 Å². The molecule has 0 aliphatic heterocycles. The fourth-order valence-electron chi connectivity index (χ4n) is 2.51. The minimum atomic E-state index is -0.0649. The molecule has 4 rings (SSSR count). The van der Waals surface area contributed by atoms with Gasteiger partial charge in [0, 0.05) is 5.56 Å². The van der Waals surface area contributed by atoms with Crippen molar-refractivity contribution in [2.75, 3.05) is 0 Å². The van der Waals surface area contributed by atoms with Crippen molar-refractivity contribution in [3.63, 3.8) is 0 Å². The van der Waals surface area contributed by atoms with Gasteiger partial charge in [-0.2, -0.15) is 0 Å². The van der Waals surface area contributed by atoms with Crippen LogP contribution < -0.4 is 5.43 Å². The molecular weight excluding hydrogens is 264 g/mol. The van der Waals surface area contributed by atoms with Crippen LogP contribution >= 0.6 is 0 Å². The highest BCUT2D eigenvalue weighted by Crippen LogP contribution is 2.24. The molecule has 0 bridgehead atoms. The molecule has 4 heteroatoms. The van der Waals surface area contributed by atoms with Gasteiger partial charge in [-0.1, -0.05) is 46.6 Å². The van der Waals surface area contributed by atoms with Gasteiger partial charge in [-0.3, -0.25) is 4.79 Å². The van der Waals surface area contributed by atoms with Gasteiger partial charge in [0.2, 0.25) is 5.43 Å². The molecule has 0 fully saturated rings. The summed E-state index contributed by atoms with van der Waals surface area (Å²) in [5, 5.41) is 4.75. The van der Waals surface area contributed by atoms with Gasteiger partial charge in [0.1, 0.15) is 0 Å². The van der Waals surface area contributed by atoms with Crippen LogP contribution in [0.2, 0.25) is 0 Å². The smallest absolute Gasteiger partial charge is 0.219 e. The van der Waals surface area contributed by atoms with Crippen LogP contribution in [-0.2, 0) is 0 Å². The number of nitrogens with zero attached hydrogens (tertiary/aromatic N) is 2. The van der Waals surface area contributed by atoms with Gasteiger partial charge in [-0.05, 0) is 24.6 Å². The molecule has 4 nitrogen and oxygen atoms in total. The summed E-state index contributed by atoms with van der Waals surface area (Å²) in [6.45, 7) is 2.03. The summed E-state index contributed by atoms with van der Waals surface area (Å²) in [5.41, 5.74) is 3.86. The van der Waals surface area contributed by atoms with Crippen LogP contribution in [0.4, 0.5) is 0 Å². The molecule has 2 aromatic carbocycles. The minimum Gasteiger partial charge on any atom is -0.357 e. The summed E-state index contributed by atoms with van der Waals surface area (Å²) in [4.78, 5) is 12.7. The molecule has 0 N–H and O–H groups in total. The van der Waals surface area contributed by atoms with Crippen molar-refractivity contribution in [3.8, 4) is 11.1 Å². The Kier molecular flexibility index (Phi) is 2.44. The summed E-state index contributed by atoms with van der Waals surface area (Å²) in [7, 11) is 0. The molecule has 0 radical (unpaired) electrons. The Labute approximate surface area is 120 Å². The summed E-state index contributed by atoms with van der Waals surface area (Å²) < 4.78 is 6.96. The first-order valence-electron chi connectivity index (χ1n) is 6.71. The van der Waals surface area contributed by atoms with E-state index in [-0.39, 0.29) is 5.43 Å². The SMILES string of the molecule is Cc1ccc(-c2cnn3oc4ccccc4c(=O)c23)cc1. The lowest BCUT2D eigenvalue weighted by molar-refractivity contribution is 0.357. The van der Waals surface area contributed by atoms with E-state index in [0.29, 0.717) is 16.5 Å². The Bertz CT molecular complexity index is 1010. The van der Waals surface area contributed by atoms with Crippen LogP contribution in [0, 0.1) is 6.92 Å². The lowest BCUT2D eigenvalue weighted by atomic mass is 10.1. The number of benzene rings is 2. The first kappa shape index (κ1) is 11.9. The highest BCUT2D eigenvalue weighted by Gasteiger charge is 2.14. The van der Waals surface area contributed by atoms with Crippen LogP contribution in [-0.4, -0.2) is 9.79 Å². The second-order valence-corrected chi connectivity index (χ2v) is 5.06. The molecule has 102 valence electrons. The molecule has 21 heavy (non-hydrogen) atoms. The Morgan fingerprint density at radius 3 is 2.62 bits per heavy atom. The summed E-state index contributed by atoms with van der Waals surface area (Å²) >= 11 is 0. The fourth-order valence-corrected chi connectivity index (χ4v) is 2.51. The van der Waals surface area contributed by atoms with Crippen molar-refractivity contribution < 1.29 is 4.52 Å². The Balaban J connectivity index is 2.10. The molecular formula is C17H12N2O2. The molecule has 0 spiro atoms. The highest BCUT2D eigenvalue weighted by atomic mass is 16.5. The maximum atomic E-state index is 12.7. The second kappa shape index (κ2) is 4.31. The molecule has 0 amide bonds. The number of aromatic nitrogens is 2. The summed E-state index contributed by atoms with van der Waals surface area (Å²) in [5.74, 6) is 0. The van der Waals surface area contributed by atoms with Crippen LogP contribution in [0.15, 0.2) is 64.0 Å². The van der Waals surface area contributed by atoms with E-state index in [2.05, 4.69) is 5.10 Å². The lowest BCUT2D eigenvalue weighted by Gasteiger charge is -2.01. The zero-order valence-electron chi connectivity index (χ0n) is 11.4. The number of fused-ring (bicyclic) bond motifs is 2. The van der Waals surface area contributed by atoms with E-state index in [1.807, 2.05) is 43.3 Å². The van der Waals surface area contributed by atoms with E-state index in [1.54, 1.807) is 18.3 Å². The van der Waals surface area contributed by atoms with Gasteiger partial charge in [0.25, 0.3) is 0 Å². The molecule has 0 aliphatic carbocycles. The van der Waals surface area contributed by atoms with Crippen LogP contribution in [0.3, 0.4) is 0 Å². The zero-order valence-corrected chi connectivity index (χ0v) is 11.4. The second-order valence-electron chi connectivity index (χ2n) is 5.06. The van der Waals surface area contributed by atoms with E-state index in [1.165, 1.54) is 10.3 Å². The fraction of sp³-hybridized carbons (Fsp3) is 0.0588. The van der Waals surface area contributed by atoms with E-state index in [0.717, 1.165) is 11.1 Å². The third kappa shape index (κ3) is 1.76. The van der Waals surface area contributed by atoms with Crippen molar-refractivity contribution in [1.29, 1.82) is 0 Å². The van der Waals surface area contributed by atoms with Crippen molar-refractivity contribution in [1.82, 2.24) is 9.79 Å². The average Bonchev–Trinajstić information content (AvgIpc) is 2.92. The summed E-state index contributed by atoms with van der Waals surface area (Å²) in [6, 6.07) is 15.2. The number of rotatable bonds is 1. The molecule has 2 aromatic heterocycles. The van der Waals surface area contributed by atoms with Gasteiger partial charge in [0.15, 0.2) is 11.1 Å². The first-order chi connectivity index (χ1) is 10.2. The van der Waals surface area contributed by atoms with E-state index in [9.17, 15) is 4.79 Å². The van der Waals surface area contributed by atoms with Gasteiger partial charge >= 0.3 is 0 Å². The molecule has 2 heterocycles. The van der Waals surface area contributed by atoms with Crippen LogP contribution in [0.1, 0.15) is 5.56 Å². The van der Waals surface area contributed by atoms with Crippen molar-refractivity contribution in [3.05, 3.63) is 70.5 Å². The average molecular weight is 276 g/mol. The van der Waals surface area contributed by atoms with Gasteiger partial charge in [-0.15, -0.1) is 5.10 Å². The number of aryl methyl sites for hydroxylation is 1. The predicted octanol–water partition coefficient (Wildman–Crippen LogP) is 3.42. The van der Waals surface area contributed by atoms with Crippen molar-refractivity contribution in [2.24, 2.45) is 0 Å². The summed E-state index contributed by atoms with van der Waals surface area (Å²) in [6.07, 6.45) is 1.67. The van der Waals surface area contributed by atoms with Gasteiger partial charge < -0.3 is 4.52 Å². The van der Waals surface area contributed by atoms with Crippen molar-refractivity contribution >= 4 is 16.5 Å². The maximum Gasteiger partial charge on any atom is 0.219 e. The van der Waals surface area contributed by atoms with E-state index < -0.39 is 0 Å². The highest BCUT2D eigenvalue weighted by molar-refractivity contribution is 5.87. The molecule has 0 saturated heterocycles. The molecule has 0 atom stereocenters. The van der Waals surface area contributed by atoms with Crippen molar-refractivity contribution in [2.45, 2.75) is 6.92 Å². The number of hydrogen-bond donors (Lipinski definition) is 0. The lowest BCUT2D eigenvalue weighted by Crippen LogP contribution is -2.06. The Morgan fingerprint density at radius 1 is 1.05 bits per heavy atom. The molecule has 4 aromatic rings. The zero-order chi connectivity index (χ0) is 14.4. The normalized spacial score (nSPS) is 11.3. The number of hydrogen-bond acceptors (Lipinski definition) is 3. The van der Waals surface area contributed by atoms with Gasteiger partial charge in [0.05, 0.1) is 11.6 Å². The number of para-hydroxylation sites is 1. The minimum absolute atomic E-state index is 0.0649. The monoisotopic (exact) mass is 276 g/mol. The third-order valence-electron chi connectivity index (χ3n) is 3.63. The van der Waals surface area contributed by atoms with Gasteiger partial charge in [-0.25, -0.2) is 0 Å². The predicted molar refractivity (Wildman–Crippen MR) is 81.4 cm³/mol. The Morgan fingerprint density at radius 2 is 1.81 bits per heavy atom. The molecule has 0 aliphatic rings. The quantitative estimate of drug-likeness (QED) is 0.535. The third-order valence-corrected chi connectivity index (χ3v) is 3.63. The first-order valence-corrected chi connectivity index (χ1v) is 6.71. The molecule has 0 saturated carbocycles. The molecule has 0 unspecified atom stereocenters. The topological polar surface area (TPSA) is 47.5 Å².